The summed E-state index contributed by atoms with van der Waals surface area (Å²) in [4.78, 5) is 11.3. The summed E-state index contributed by atoms with van der Waals surface area (Å²) in [5.74, 6) is 1.52. The molecule has 4 nitrogen and oxygen atoms in total. The maximum Gasteiger partial charge on any atom is 0.225 e. The number of aryl methyl sites for hydroxylation is 2. The molecule has 0 aliphatic heterocycles. The number of ether oxygens (including phenoxy) is 2. The molecule has 0 atom stereocenters. The third kappa shape index (κ3) is 3.26. The van der Waals surface area contributed by atoms with E-state index in [0.29, 0.717) is 19.1 Å². The molecule has 2 aromatic heterocycles. The Morgan fingerprint density at radius 1 is 1.08 bits per heavy atom. The Kier molecular flexibility index (Phi) is 4.67. The molecule has 124 valence electrons. The standard InChI is InChI=1S/C18H17BrN2O2S/c19-12-4-3-5-13(10-12)22-8-9-23-17-16-14-6-1-2-7-15(14)24-18(16)21-11-20-17/h3-5,10-11H,1-2,6-9H2. The smallest absolute Gasteiger partial charge is 0.225 e. The summed E-state index contributed by atoms with van der Waals surface area (Å²) in [5.41, 5.74) is 1.39. The Morgan fingerprint density at radius 2 is 1.96 bits per heavy atom. The second kappa shape index (κ2) is 7.07. The van der Waals surface area contributed by atoms with E-state index in [4.69, 9.17) is 9.47 Å². The Morgan fingerprint density at radius 3 is 2.88 bits per heavy atom. The number of thiophene rings is 1. The zero-order chi connectivity index (χ0) is 16.4. The lowest BCUT2D eigenvalue weighted by atomic mass is 9.97. The fraction of sp³-hybridized carbons (Fsp3) is 0.333. The van der Waals surface area contributed by atoms with E-state index in [1.54, 1.807) is 17.7 Å². The number of fused-ring (bicyclic) bond motifs is 3. The lowest BCUT2D eigenvalue weighted by molar-refractivity contribution is 0.213. The van der Waals surface area contributed by atoms with Crippen molar-refractivity contribution in [1.82, 2.24) is 9.97 Å². The van der Waals surface area contributed by atoms with E-state index < -0.39 is 0 Å². The van der Waals surface area contributed by atoms with Crippen LogP contribution in [0, 0.1) is 0 Å². The molecule has 0 amide bonds. The highest BCUT2D eigenvalue weighted by Crippen LogP contribution is 2.38. The van der Waals surface area contributed by atoms with Gasteiger partial charge < -0.3 is 9.47 Å². The molecule has 1 aromatic carbocycles. The third-order valence-corrected chi connectivity index (χ3v) is 5.80. The monoisotopic (exact) mass is 404 g/mol. The molecule has 0 saturated carbocycles. The molecule has 0 N–H and O–H groups in total. The number of nitrogens with zero attached hydrogens (tertiary/aromatic N) is 2. The number of rotatable bonds is 5. The van der Waals surface area contributed by atoms with E-state index in [1.165, 1.54) is 23.3 Å². The van der Waals surface area contributed by atoms with Crippen molar-refractivity contribution in [3.05, 3.63) is 45.5 Å². The minimum absolute atomic E-state index is 0.462. The van der Waals surface area contributed by atoms with Crippen LogP contribution in [0.3, 0.4) is 0 Å². The van der Waals surface area contributed by atoms with Crippen LogP contribution >= 0.6 is 27.3 Å². The van der Waals surface area contributed by atoms with Crippen molar-refractivity contribution in [2.75, 3.05) is 13.2 Å². The topological polar surface area (TPSA) is 44.2 Å². The van der Waals surface area contributed by atoms with E-state index in [1.807, 2.05) is 24.3 Å². The minimum atomic E-state index is 0.462. The Labute approximate surface area is 153 Å². The summed E-state index contributed by atoms with van der Waals surface area (Å²) in [6.07, 6.45) is 6.35. The van der Waals surface area contributed by atoms with Crippen LogP contribution in [0.4, 0.5) is 0 Å². The molecule has 6 heteroatoms. The van der Waals surface area contributed by atoms with Crippen molar-refractivity contribution in [1.29, 1.82) is 0 Å². The number of benzene rings is 1. The van der Waals surface area contributed by atoms with Crippen LogP contribution in [0.5, 0.6) is 11.6 Å². The van der Waals surface area contributed by atoms with Gasteiger partial charge in [0.15, 0.2) is 0 Å². The summed E-state index contributed by atoms with van der Waals surface area (Å²) in [6.45, 7) is 0.942. The van der Waals surface area contributed by atoms with Gasteiger partial charge in [0.05, 0.1) is 5.39 Å². The van der Waals surface area contributed by atoms with Crippen LogP contribution in [0.1, 0.15) is 23.3 Å². The van der Waals surface area contributed by atoms with Gasteiger partial charge in [0.1, 0.15) is 30.1 Å². The quantitative estimate of drug-likeness (QED) is 0.573. The van der Waals surface area contributed by atoms with Crippen LogP contribution in [-0.2, 0) is 12.8 Å². The third-order valence-electron chi connectivity index (χ3n) is 4.10. The van der Waals surface area contributed by atoms with Gasteiger partial charge in [-0.15, -0.1) is 11.3 Å². The van der Waals surface area contributed by atoms with Gasteiger partial charge in [0, 0.05) is 9.35 Å². The molecule has 24 heavy (non-hydrogen) atoms. The molecule has 0 spiro atoms. The molecule has 4 rings (SSSR count). The van der Waals surface area contributed by atoms with Crippen LogP contribution in [-0.4, -0.2) is 23.2 Å². The summed E-state index contributed by atoms with van der Waals surface area (Å²) in [6, 6.07) is 7.80. The van der Waals surface area contributed by atoms with Gasteiger partial charge in [0.2, 0.25) is 5.88 Å². The number of hydrogen-bond donors (Lipinski definition) is 0. The van der Waals surface area contributed by atoms with Gasteiger partial charge in [-0.2, -0.15) is 0 Å². The number of hydrogen-bond acceptors (Lipinski definition) is 5. The first kappa shape index (κ1) is 15.8. The highest BCUT2D eigenvalue weighted by Gasteiger charge is 2.20. The van der Waals surface area contributed by atoms with Crippen molar-refractivity contribution in [2.24, 2.45) is 0 Å². The molecule has 0 bridgehead atoms. The maximum absolute atomic E-state index is 5.91. The number of halogens is 1. The lowest BCUT2D eigenvalue weighted by Gasteiger charge is -2.12. The molecular formula is C18H17BrN2O2S. The van der Waals surface area contributed by atoms with Gasteiger partial charge in [-0.25, -0.2) is 9.97 Å². The molecule has 0 unspecified atom stereocenters. The van der Waals surface area contributed by atoms with E-state index in [-0.39, 0.29) is 0 Å². The van der Waals surface area contributed by atoms with Gasteiger partial charge in [-0.1, -0.05) is 22.0 Å². The fourth-order valence-electron chi connectivity index (χ4n) is 3.03. The predicted octanol–water partition coefficient (Wildman–Crippen LogP) is 4.79. The zero-order valence-electron chi connectivity index (χ0n) is 13.1. The molecule has 0 radical (unpaired) electrons. The summed E-state index contributed by atoms with van der Waals surface area (Å²) < 4.78 is 12.6. The molecule has 0 fully saturated rings. The van der Waals surface area contributed by atoms with Crippen LogP contribution in [0.15, 0.2) is 35.1 Å². The van der Waals surface area contributed by atoms with Gasteiger partial charge in [-0.05, 0) is 49.4 Å². The Balaban J connectivity index is 1.46. The summed E-state index contributed by atoms with van der Waals surface area (Å²) in [7, 11) is 0. The van der Waals surface area contributed by atoms with Crippen molar-refractivity contribution >= 4 is 37.5 Å². The molecule has 1 aliphatic rings. The van der Waals surface area contributed by atoms with E-state index in [2.05, 4.69) is 25.9 Å². The van der Waals surface area contributed by atoms with Crippen molar-refractivity contribution in [2.45, 2.75) is 25.7 Å². The van der Waals surface area contributed by atoms with E-state index in [9.17, 15) is 0 Å². The first-order valence-electron chi connectivity index (χ1n) is 8.07. The van der Waals surface area contributed by atoms with E-state index >= 15 is 0 Å². The minimum Gasteiger partial charge on any atom is -0.490 e. The normalized spacial score (nSPS) is 13.7. The van der Waals surface area contributed by atoms with Crippen molar-refractivity contribution in [3.8, 4) is 11.6 Å². The second-order valence-corrected chi connectivity index (χ2v) is 7.72. The second-order valence-electron chi connectivity index (χ2n) is 5.72. The zero-order valence-corrected chi connectivity index (χ0v) is 15.5. The molecule has 1 aliphatic carbocycles. The maximum atomic E-state index is 5.91. The first-order valence-corrected chi connectivity index (χ1v) is 9.68. The van der Waals surface area contributed by atoms with Gasteiger partial charge in [0.25, 0.3) is 0 Å². The first-order chi connectivity index (χ1) is 11.8. The van der Waals surface area contributed by atoms with Crippen LogP contribution in [0.25, 0.3) is 10.2 Å². The average Bonchev–Trinajstić information content (AvgIpc) is 2.98. The highest BCUT2D eigenvalue weighted by molar-refractivity contribution is 9.10. The van der Waals surface area contributed by atoms with E-state index in [0.717, 1.165) is 33.3 Å². The molecule has 0 saturated heterocycles. The van der Waals surface area contributed by atoms with Crippen molar-refractivity contribution < 1.29 is 9.47 Å². The summed E-state index contributed by atoms with van der Waals surface area (Å²) in [5, 5.41) is 1.11. The Hall–Kier alpha value is -1.66. The van der Waals surface area contributed by atoms with Gasteiger partial charge >= 0.3 is 0 Å². The lowest BCUT2D eigenvalue weighted by Crippen LogP contribution is -2.10. The SMILES string of the molecule is Brc1cccc(OCCOc2ncnc3sc4c(c23)CCCC4)c1. The number of aromatic nitrogens is 2. The van der Waals surface area contributed by atoms with Crippen LogP contribution < -0.4 is 9.47 Å². The highest BCUT2D eigenvalue weighted by atomic mass is 79.9. The summed E-state index contributed by atoms with van der Waals surface area (Å²) >= 11 is 5.22. The molecular weight excluding hydrogens is 388 g/mol. The fourth-order valence-corrected chi connectivity index (χ4v) is 4.62. The van der Waals surface area contributed by atoms with Crippen LogP contribution in [0.2, 0.25) is 0 Å². The predicted molar refractivity (Wildman–Crippen MR) is 99.2 cm³/mol. The Bertz CT molecular complexity index is 865. The van der Waals surface area contributed by atoms with Gasteiger partial charge in [-0.3, -0.25) is 0 Å². The molecule has 2 heterocycles. The van der Waals surface area contributed by atoms with Crippen molar-refractivity contribution in [3.63, 3.8) is 0 Å². The largest absolute Gasteiger partial charge is 0.490 e. The molecule has 3 aromatic rings. The average molecular weight is 405 g/mol.